The molecule has 1 aromatic carbocycles. The molecule has 1 fully saturated rings. The van der Waals surface area contributed by atoms with Gasteiger partial charge in [0, 0.05) is 22.9 Å². The maximum absolute atomic E-state index is 13.6. The fourth-order valence-electron chi connectivity index (χ4n) is 5.17. The highest BCUT2D eigenvalue weighted by molar-refractivity contribution is 6.12. The maximum atomic E-state index is 13.6. The average molecular weight is 440 g/mol. The van der Waals surface area contributed by atoms with Gasteiger partial charge in [0.05, 0.1) is 12.7 Å². The Morgan fingerprint density at radius 2 is 1.78 bits per heavy atom. The van der Waals surface area contributed by atoms with Crippen molar-refractivity contribution in [3.8, 4) is 5.75 Å². The quantitative estimate of drug-likeness (QED) is 0.547. The number of methoxy groups -OCH3 is 1. The van der Waals surface area contributed by atoms with Crippen molar-refractivity contribution in [1.29, 1.82) is 0 Å². The van der Waals surface area contributed by atoms with Gasteiger partial charge in [0.15, 0.2) is 5.78 Å². The molecule has 0 aromatic heterocycles. The Morgan fingerprint density at radius 1 is 1.12 bits per heavy atom. The number of ketones is 1. The minimum absolute atomic E-state index is 0.0868. The fraction of sp³-hybridized carbons (Fsp3) is 0.480. The van der Waals surface area contributed by atoms with Crippen LogP contribution < -0.4 is 5.32 Å². The molecule has 0 bridgehead atoms. The zero-order valence-electron chi connectivity index (χ0n) is 18.6. The van der Waals surface area contributed by atoms with Crippen molar-refractivity contribution in [3.63, 3.8) is 0 Å². The number of ether oxygens (including phenoxy) is 2. The second kappa shape index (κ2) is 8.81. The third-order valence-electron chi connectivity index (χ3n) is 6.77. The molecule has 7 nitrogen and oxygen atoms in total. The lowest BCUT2D eigenvalue weighted by atomic mass is 9.69. The van der Waals surface area contributed by atoms with Crippen molar-refractivity contribution >= 4 is 17.7 Å². The van der Waals surface area contributed by atoms with Crippen LogP contribution in [0.3, 0.4) is 0 Å². The van der Waals surface area contributed by atoms with Gasteiger partial charge in [-0.3, -0.25) is 9.59 Å². The molecular weight excluding hydrogens is 410 g/mol. The molecule has 2 aliphatic carbocycles. The van der Waals surface area contributed by atoms with Crippen molar-refractivity contribution in [1.82, 2.24) is 5.32 Å². The van der Waals surface area contributed by atoms with E-state index in [-0.39, 0.29) is 23.6 Å². The highest BCUT2D eigenvalue weighted by Crippen LogP contribution is 2.46. The average Bonchev–Trinajstić information content (AvgIpc) is 3.26. The van der Waals surface area contributed by atoms with Gasteiger partial charge < -0.3 is 19.9 Å². The van der Waals surface area contributed by atoms with Crippen LogP contribution in [-0.2, 0) is 23.9 Å². The summed E-state index contributed by atoms with van der Waals surface area (Å²) in [5, 5.41) is 13.0. The topological polar surface area (TPSA) is 102 Å². The standard InChI is InChI=1S/C25H29NO6/c1-13-12-18-22(23(28)19(13)24(29)31-3)21(15-8-10-16(27)11-9-15)20(14(2)26-18)25(30)32-17-6-4-5-7-17/h8-11,13,17,19,21,26-27H,4-7,12H2,1-3H3/t13-,19-,21-/m1/s1. The van der Waals surface area contributed by atoms with E-state index in [1.165, 1.54) is 19.2 Å². The maximum Gasteiger partial charge on any atom is 0.337 e. The van der Waals surface area contributed by atoms with Crippen LogP contribution in [0.15, 0.2) is 46.8 Å². The van der Waals surface area contributed by atoms with Crippen LogP contribution in [0.5, 0.6) is 5.75 Å². The Balaban J connectivity index is 1.79. The van der Waals surface area contributed by atoms with E-state index in [1.54, 1.807) is 12.1 Å². The number of phenols is 1. The van der Waals surface area contributed by atoms with E-state index in [4.69, 9.17) is 9.47 Å². The zero-order valence-corrected chi connectivity index (χ0v) is 18.6. The van der Waals surface area contributed by atoms with E-state index in [0.29, 0.717) is 28.8 Å². The van der Waals surface area contributed by atoms with Gasteiger partial charge in [-0.15, -0.1) is 0 Å². The lowest BCUT2D eigenvalue weighted by Gasteiger charge is -2.38. The van der Waals surface area contributed by atoms with Gasteiger partial charge in [0.25, 0.3) is 0 Å². The number of esters is 2. The van der Waals surface area contributed by atoms with Crippen molar-refractivity contribution in [2.75, 3.05) is 7.11 Å². The van der Waals surface area contributed by atoms with Crippen LogP contribution in [0.2, 0.25) is 0 Å². The number of carbonyl (C=O) groups excluding carboxylic acids is 3. The first-order valence-corrected chi connectivity index (χ1v) is 11.1. The summed E-state index contributed by atoms with van der Waals surface area (Å²) in [7, 11) is 1.28. The normalized spacial score (nSPS) is 26.0. The fourth-order valence-corrected chi connectivity index (χ4v) is 5.17. The number of aromatic hydroxyl groups is 1. The van der Waals surface area contributed by atoms with Crippen molar-refractivity contribution in [2.45, 2.75) is 58.0 Å². The first-order valence-electron chi connectivity index (χ1n) is 11.1. The van der Waals surface area contributed by atoms with Crippen LogP contribution in [0.1, 0.15) is 57.4 Å². The molecule has 170 valence electrons. The van der Waals surface area contributed by atoms with Gasteiger partial charge in [0.1, 0.15) is 17.8 Å². The Morgan fingerprint density at radius 3 is 2.41 bits per heavy atom. The number of rotatable bonds is 4. The molecule has 1 aromatic rings. The van der Waals surface area contributed by atoms with E-state index >= 15 is 0 Å². The first-order chi connectivity index (χ1) is 15.3. The summed E-state index contributed by atoms with van der Waals surface area (Å²) >= 11 is 0. The van der Waals surface area contributed by atoms with Crippen LogP contribution in [0, 0.1) is 11.8 Å². The smallest absolute Gasteiger partial charge is 0.337 e. The monoisotopic (exact) mass is 439 g/mol. The number of hydrogen-bond acceptors (Lipinski definition) is 7. The van der Waals surface area contributed by atoms with Crippen molar-refractivity contribution < 1.29 is 29.0 Å². The van der Waals surface area contributed by atoms with Crippen LogP contribution in [0.25, 0.3) is 0 Å². The number of phenolic OH excluding ortho intramolecular Hbond substituents is 1. The molecule has 1 saturated carbocycles. The number of nitrogens with one attached hydrogen (secondary N) is 1. The minimum Gasteiger partial charge on any atom is -0.508 e. The molecule has 1 aliphatic heterocycles. The van der Waals surface area contributed by atoms with E-state index < -0.39 is 23.8 Å². The summed E-state index contributed by atoms with van der Waals surface area (Å²) in [5.74, 6) is -3.12. The van der Waals surface area contributed by atoms with Crippen molar-refractivity contribution in [3.05, 3.63) is 52.4 Å². The Hall–Kier alpha value is -3.09. The predicted octanol–water partition coefficient (Wildman–Crippen LogP) is 3.49. The summed E-state index contributed by atoms with van der Waals surface area (Å²) in [6.07, 6.45) is 4.10. The minimum atomic E-state index is -0.925. The molecule has 3 atom stereocenters. The number of carbonyl (C=O) groups is 3. The molecule has 7 heteroatoms. The molecule has 3 aliphatic rings. The van der Waals surface area contributed by atoms with Crippen molar-refractivity contribution in [2.24, 2.45) is 11.8 Å². The highest BCUT2D eigenvalue weighted by atomic mass is 16.5. The molecule has 0 amide bonds. The van der Waals surface area contributed by atoms with E-state index in [0.717, 1.165) is 31.4 Å². The lowest BCUT2D eigenvalue weighted by Crippen LogP contribution is -2.43. The van der Waals surface area contributed by atoms with Crippen LogP contribution >= 0.6 is 0 Å². The van der Waals surface area contributed by atoms with Gasteiger partial charge in [0.2, 0.25) is 0 Å². The second-order valence-electron chi connectivity index (χ2n) is 8.94. The molecule has 4 rings (SSSR count). The Bertz CT molecular complexity index is 1000. The SMILES string of the molecule is COC(=O)[C@H]1C(=O)C2=C(C[C@H]1C)NC(C)=C(C(=O)OC1CCCC1)[C@H]2c1ccc(O)cc1. The molecule has 0 unspecified atom stereocenters. The summed E-state index contributed by atoms with van der Waals surface area (Å²) < 4.78 is 10.7. The number of Topliss-reactive ketones (excluding diaryl/α,β-unsaturated/α-hetero) is 1. The summed E-state index contributed by atoms with van der Waals surface area (Å²) in [6, 6.07) is 6.45. The number of dihydropyridines is 1. The van der Waals surface area contributed by atoms with Crippen LogP contribution in [-0.4, -0.2) is 36.0 Å². The molecule has 0 radical (unpaired) electrons. The molecular formula is C25H29NO6. The first kappa shape index (κ1) is 22.1. The third-order valence-corrected chi connectivity index (χ3v) is 6.77. The van der Waals surface area contributed by atoms with E-state index in [9.17, 15) is 19.5 Å². The van der Waals surface area contributed by atoms with Gasteiger partial charge in [-0.05, 0) is 62.6 Å². The largest absolute Gasteiger partial charge is 0.508 e. The number of benzene rings is 1. The molecule has 0 saturated heterocycles. The third kappa shape index (κ3) is 3.92. The van der Waals surface area contributed by atoms with E-state index in [1.807, 2.05) is 13.8 Å². The highest BCUT2D eigenvalue weighted by Gasteiger charge is 2.47. The molecule has 2 N–H and O–H groups in total. The Labute approximate surface area is 187 Å². The number of allylic oxidation sites excluding steroid dienone is 3. The summed E-state index contributed by atoms with van der Waals surface area (Å²) in [6.45, 7) is 3.66. The molecule has 1 heterocycles. The van der Waals surface area contributed by atoms with E-state index in [2.05, 4.69) is 5.32 Å². The van der Waals surface area contributed by atoms with Gasteiger partial charge in [-0.1, -0.05) is 19.1 Å². The second-order valence-corrected chi connectivity index (χ2v) is 8.94. The molecule has 32 heavy (non-hydrogen) atoms. The zero-order chi connectivity index (χ0) is 23.0. The predicted molar refractivity (Wildman–Crippen MR) is 116 cm³/mol. The summed E-state index contributed by atoms with van der Waals surface area (Å²) in [5.41, 5.74) is 2.80. The molecule has 0 spiro atoms. The Kier molecular flexibility index (Phi) is 6.09. The number of hydrogen-bond donors (Lipinski definition) is 2. The van der Waals surface area contributed by atoms with Gasteiger partial charge in [-0.2, -0.15) is 0 Å². The van der Waals surface area contributed by atoms with Crippen LogP contribution in [0.4, 0.5) is 0 Å². The van der Waals surface area contributed by atoms with Gasteiger partial charge >= 0.3 is 11.9 Å². The summed E-state index contributed by atoms with van der Waals surface area (Å²) in [4.78, 5) is 39.4. The van der Waals surface area contributed by atoms with Gasteiger partial charge in [-0.25, -0.2) is 4.79 Å². The lowest BCUT2D eigenvalue weighted by molar-refractivity contribution is -0.151.